The predicted molar refractivity (Wildman–Crippen MR) is 59.2 cm³/mol. The van der Waals surface area contributed by atoms with E-state index in [1.807, 2.05) is 0 Å². The number of nitrogen functional groups attached to an aromatic ring is 1. The van der Waals surface area contributed by atoms with Crippen LogP contribution < -0.4 is 5.73 Å². The van der Waals surface area contributed by atoms with Crippen molar-refractivity contribution in [3.8, 4) is 0 Å². The van der Waals surface area contributed by atoms with Gasteiger partial charge in [0.1, 0.15) is 27.9 Å². The zero-order valence-electron chi connectivity index (χ0n) is 8.16. The van der Waals surface area contributed by atoms with Crippen LogP contribution in [0.5, 0.6) is 0 Å². The number of aromatic nitrogens is 4. The molecule has 2 rings (SSSR count). The average Bonchev–Trinajstić information content (AvgIpc) is 2.31. The molecule has 0 saturated carbocycles. The second-order valence-corrected chi connectivity index (χ2v) is 3.78. The Morgan fingerprint density at radius 2 is 2.00 bits per heavy atom. The maximum atomic E-state index is 7.37. The van der Waals surface area contributed by atoms with Gasteiger partial charge in [-0.25, -0.2) is 19.9 Å². The number of hydrogen-bond donors (Lipinski definition) is 2. The first-order valence-corrected chi connectivity index (χ1v) is 5.18. The number of amidine groups is 1. The molecular formula is C9H8N6S. The number of nitrogens with one attached hydrogen (secondary N) is 1. The molecule has 0 aliphatic carbocycles. The minimum atomic E-state index is -0.107. The lowest BCUT2D eigenvalue weighted by Crippen LogP contribution is -2.15. The first-order valence-electron chi connectivity index (χ1n) is 4.36. The molecule has 0 radical (unpaired) electrons. The van der Waals surface area contributed by atoms with Crippen molar-refractivity contribution in [2.24, 2.45) is 5.73 Å². The highest BCUT2D eigenvalue weighted by molar-refractivity contribution is 7.99. The van der Waals surface area contributed by atoms with Crippen molar-refractivity contribution >= 4 is 17.6 Å². The Bertz CT molecular complexity index is 500. The van der Waals surface area contributed by atoms with Gasteiger partial charge in [-0.05, 0) is 17.8 Å². The standard InChI is InChI=1S/C9H8N6S/c10-8(11)7-9(14-4-3-13-7)16-6-1-2-12-5-15-6/h1-5H,(H3,10,11). The lowest BCUT2D eigenvalue weighted by atomic mass is 10.4. The fraction of sp³-hybridized carbons (Fsp3) is 0. The van der Waals surface area contributed by atoms with E-state index in [9.17, 15) is 0 Å². The highest BCUT2D eigenvalue weighted by Gasteiger charge is 2.09. The zero-order chi connectivity index (χ0) is 11.4. The van der Waals surface area contributed by atoms with Crippen molar-refractivity contribution in [1.82, 2.24) is 19.9 Å². The van der Waals surface area contributed by atoms with Crippen LogP contribution in [0.15, 0.2) is 41.0 Å². The highest BCUT2D eigenvalue weighted by Crippen LogP contribution is 2.24. The molecule has 2 aromatic rings. The van der Waals surface area contributed by atoms with Gasteiger partial charge in [-0.2, -0.15) is 0 Å². The smallest absolute Gasteiger partial charge is 0.144 e. The first kappa shape index (κ1) is 10.5. The molecule has 0 atom stereocenters. The van der Waals surface area contributed by atoms with Crippen LogP contribution in [0.3, 0.4) is 0 Å². The molecule has 0 aromatic carbocycles. The fourth-order valence-corrected chi connectivity index (χ4v) is 1.82. The van der Waals surface area contributed by atoms with Gasteiger partial charge in [0.2, 0.25) is 0 Å². The molecule has 0 spiro atoms. The summed E-state index contributed by atoms with van der Waals surface area (Å²) in [5, 5.41) is 8.67. The van der Waals surface area contributed by atoms with E-state index in [-0.39, 0.29) is 5.84 Å². The molecule has 0 fully saturated rings. The Labute approximate surface area is 95.9 Å². The van der Waals surface area contributed by atoms with E-state index in [4.69, 9.17) is 11.1 Å². The third-order valence-corrected chi connectivity index (χ3v) is 2.62. The Morgan fingerprint density at radius 3 is 2.69 bits per heavy atom. The summed E-state index contributed by atoms with van der Waals surface area (Å²) in [6, 6.07) is 1.75. The van der Waals surface area contributed by atoms with Gasteiger partial charge in [-0.15, -0.1) is 0 Å². The SMILES string of the molecule is N=C(N)c1nccnc1Sc1ccncn1. The maximum Gasteiger partial charge on any atom is 0.144 e. The number of nitrogens with two attached hydrogens (primary N) is 1. The predicted octanol–water partition coefficient (Wildman–Crippen LogP) is 0.702. The Hall–Kier alpha value is -2.02. The Kier molecular flexibility index (Phi) is 3.06. The number of rotatable bonds is 3. The average molecular weight is 232 g/mol. The van der Waals surface area contributed by atoms with Gasteiger partial charge in [0.25, 0.3) is 0 Å². The summed E-state index contributed by atoms with van der Waals surface area (Å²) >= 11 is 1.30. The maximum absolute atomic E-state index is 7.37. The van der Waals surface area contributed by atoms with Gasteiger partial charge < -0.3 is 5.73 Å². The van der Waals surface area contributed by atoms with Crippen LogP contribution in [0.25, 0.3) is 0 Å². The summed E-state index contributed by atoms with van der Waals surface area (Å²) in [5.74, 6) is -0.107. The van der Waals surface area contributed by atoms with E-state index < -0.39 is 0 Å². The lowest BCUT2D eigenvalue weighted by Gasteiger charge is -2.03. The molecule has 0 unspecified atom stereocenters. The summed E-state index contributed by atoms with van der Waals surface area (Å²) in [5.41, 5.74) is 5.77. The summed E-state index contributed by atoms with van der Waals surface area (Å²) < 4.78 is 0. The van der Waals surface area contributed by atoms with E-state index in [1.165, 1.54) is 24.3 Å². The molecule has 0 aliphatic rings. The van der Waals surface area contributed by atoms with Gasteiger partial charge in [-0.3, -0.25) is 5.41 Å². The van der Waals surface area contributed by atoms with Crippen LogP contribution in [-0.4, -0.2) is 25.8 Å². The number of hydrogen-bond acceptors (Lipinski definition) is 6. The van der Waals surface area contributed by atoms with Gasteiger partial charge >= 0.3 is 0 Å². The quantitative estimate of drug-likeness (QED) is 0.459. The Morgan fingerprint density at radius 1 is 1.19 bits per heavy atom. The molecular weight excluding hydrogens is 224 g/mol. The monoisotopic (exact) mass is 232 g/mol. The van der Waals surface area contributed by atoms with Gasteiger partial charge in [0.05, 0.1) is 0 Å². The minimum Gasteiger partial charge on any atom is -0.382 e. The molecule has 0 amide bonds. The van der Waals surface area contributed by atoms with E-state index in [0.717, 1.165) is 5.03 Å². The van der Waals surface area contributed by atoms with Crippen molar-refractivity contribution < 1.29 is 0 Å². The summed E-state index contributed by atoms with van der Waals surface area (Å²) in [4.78, 5) is 16.0. The highest BCUT2D eigenvalue weighted by atomic mass is 32.2. The lowest BCUT2D eigenvalue weighted by molar-refractivity contribution is 1.00. The van der Waals surface area contributed by atoms with Gasteiger partial charge in [-0.1, -0.05) is 0 Å². The van der Waals surface area contributed by atoms with Crippen LogP contribution >= 0.6 is 11.8 Å². The van der Waals surface area contributed by atoms with Gasteiger partial charge in [0.15, 0.2) is 0 Å². The van der Waals surface area contributed by atoms with Crippen LogP contribution in [0, 0.1) is 5.41 Å². The van der Waals surface area contributed by atoms with E-state index in [2.05, 4.69) is 19.9 Å². The summed E-state index contributed by atoms with van der Waals surface area (Å²) in [6.07, 6.45) is 6.14. The van der Waals surface area contributed by atoms with E-state index in [1.54, 1.807) is 18.5 Å². The second kappa shape index (κ2) is 4.67. The van der Waals surface area contributed by atoms with Crippen molar-refractivity contribution in [1.29, 1.82) is 5.41 Å². The molecule has 80 valence electrons. The largest absolute Gasteiger partial charge is 0.382 e. The molecule has 3 N–H and O–H groups in total. The molecule has 0 bridgehead atoms. The van der Waals surface area contributed by atoms with Crippen LogP contribution in [0.1, 0.15) is 5.69 Å². The van der Waals surface area contributed by atoms with Crippen molar-refractivity contribution in [2.75, 3.05) is 0 Å². The van der Waals surface area contributed by atoms with Crippen LogP contribution in [0.2, 0.25) is 0 Å². The molecule has 0 saturated heterocycles. The zero-order valence-corrected chi connectivity index (χ0v) is 8.98. The van der Waals surface area contributed by atoms with Crippen molar-refractivity contribution in [2.45, 2.75) is 10.1 Å². The molecule has 2 aromatic heterocycles. The van der Waals surface area contributed by atoms with E-state index in [0.29, 0.717) is 10.7 Å². The van der Waals surface area contributed by atoms with Crippen LogP contribution in [0.4, 0.5) is 0 Å². The number of nitrogens with zero attached hydrogens (tertiary/aromatic N) is 4. The molecule has 2 heterocycles. The second-order valence-electron chi connectivity index (χ2n) is 2.77. The van der Waals surface area contributed by atoms with Gasteiger partial charge in [0, 0.05) is 18.6 Å². The normalized spacial score (nSPS) is 10.0. The van der Waals surface area contributed by atoms with E-state index >= 15 is 0 Å². The summed E-state index contributed by atoms with van der Waals surface area (Å²) in [7, 11) is 0. The molecule has 7 heteroatoms. The molecule has 6 nitrogen and oxygen atoms in total. The fourth-order valence-electron chi connectivity index (χ4n) is 1.02. The third kappa shape index (κ3) is 2.31. The Balaban J connectivity index is 2.31. The van der Waals surface area contributed by atoms with Crippen LogP contribution in [-0.2, 0) is 0 Å². The molecule has 16 heavy (non-hydrogen) atoms. The summed E-state index contributed by atoms with van der Waals surface area (Å²) in [6.45, 7) is 0. The first-order chi connectivity index (χ1) is 7.77. The van der Waals surface area contributed by atoms with Crippen molar-refractivity contribution in [3.63, 3.8) is 0 Å². The van der Waals surface area contributed by atoms with Crippen molar-refractivity contribution in [3.05, 3.63) is 36.7 Å². The minimum absolute atomic E-state index is 0.107. The topological polar surface area (TPSA) is 101 Å². The third-order valence-electron chi connectivity index (χ3n) is 1.68. The molecule has 0 aliphatic heterocycles.